The van der Waals surface area contributed by atoms with E-state index in [1.807, 2.05) is 6.92 Å². The van der Waals surface area contributed by atoms with E-state index in [1.54, 1.807) is 31.4 Å². The molecule has 0 spiro atoms. The maximum atomic E-state index is 10.1. The van der Waals surface area contributed by atoms with Crippen molar-refractivity contribution in [2.75, 3.05) is 13.7 Å². The topological polar surface area (TPSA) is 58.9 Å². The van der Waals surface area contributed by atoms with Gasteiger partial charge in [-0.2, -0.15) is 4.99 Å². The van der Waals surface area contributed by atoms with Gasteiger partial charge in [0.05, 0.1) is 19.4 Å². The van der Waals surface area contributed by atoms with E-state index in [1.165, 1.54) is 6.08 Å². The summed E-state index contributed by atoms with van der Waals surface area (Å²) in [5, 5.41) is 8.81. The first kappa shape index (κ1) is 12.2. The molecule has 1 rings (SSSR count). The Labute approximate surface area is 93.9 Å². The van der Waals surface area contributed by atoms with Crippen molar-refractivity contribution < 1.29 is 14.6 Å². The Bertz CT molecular complexity index is 446. The summed E-state index contributed by atoms with van der Waals surface area (Å²) >= 11 is 0. The zero-order chi connectivity index (χ0) is 12.0. The number of aliphatic hydroxyl groups is 1. The standard InChI is InChI=1S/C12H13NO3/c1-9(5-6-14)11-4-3-10(13-8-15)7-12(11)16-2/h3-5,7,14H,6H2,1-2H3/b9-5-. The highest BCUT2D eigenvalue weighted by atomic mass is 16.5. The van der Waals surface area contributed by atoms with Gasteiger partial charge in [-0.25, -0.2) is 4.79 Å². The minimum Gasteiger partial charge on any atom is -0.496 e. The van der Waals surface area contributed by atoms with Gasteiger partial charge in [-0.05, 0) is 24.6 Å². The second kappa shape index (κ2) is 5.85. The van der Waals surface area contributed by atoms with Gasteiger partial charge in [-0.3, -0.25) is 0 Å². The van der Waals surface area contributed by atoms with Crippen LogP contribution in [0, 0.1) is 0 Å². The zero-order valence-electron chi connectivity index (χ0n) is 9.23. The highest BCUT2D eigenvalue weighted by Gasteiger charge is 2.05. The molecule has 4 nitrogen and oxygen atoms in total. The molecule has 0 radical (unpaired) electrons. The molecule has 0 saturated heterocycles. The molecule has 4 heteroatoms. The lowest BCUT2D eigenvalue weighted by molar-refractivity contribution is 0.343. The van der Waals surface area contributed by atoms with Crippen LogP contribution in [-0.2, 0) is 4.79 Å². The number of nitrogens with zero attached hydrogens (tertiary/aromatic N) is 1. The molecule has 0 unspecified atom stereocenters. The van der Waals surface area contributed by atoms with Crippen LogP contribution in [0.2, 0.25) is 0 Å². The van der Waals surface area contributed by atoms with E-state index in [-0.39, 0.29) is 6.61 Å². The van der Waals surface area contributed by atoms with Crippen molar-refractivity contribution in [3.63, 3.8) is 0 Å². The predicted octanol–water partition coefficient (Wildman–Crippen LogP) is 2.06. The number of allylic oxidation sites excluding steroid dienone is 1. The van der Waals surface area contributed by atoms with E-state index in [9.17, 15) is 4.79 Å². The van der Waals surface area contributed by atoms with Gasteiger partial charge in [-0.1, -0.05) is 6.08 Å². The number of aliphatic imine (C=N–C) groups is 1. The number of isocyanates is 1. The predicted molar refractivity (Wildman–Crippen MR) is 61.5 cm³/mol. The SMILES string of the molecule is COc1cc(N=C=O)ccc1/C(C)=C\CO. The smallest absolute Gasteiger partial charge is 0.240 e. The fraction of sp³-hybridized carbons (Fsp3) is 0.250. The summed E-state index contributed by atoms with van der Waals surface area (Å²) < 4.78 is 5.19. The first-order valence-corrected chi connectivity index (χ1v) is 4.76. The Balaban J connectivity index is 3.21. The van der Waals surface area contributed by atoms with Crippen molar-refractivity contribution in [1.29, 1.82) is 0 Å². The van der Waals surface area contributed by atoms with E-state index in [0.29, 0.717) is 11.4 Å². The third kappa shape index (κ3) is 2.79. The average molecular weight is 219 g/mol. The molecule has 0 aromatic heterocycles. The highest BCUT2D eigenvalue weighted by molar-refractivity contribution is 5.71. The van der Waals surface area contributed by atoms with Gasteiger partial charge >= 0.3 is 0 Å². The molecule has 0 bridgehead atoms. The van der Waals surface area contributed by atoms with E-state index < -0.39 is 0 Å². The summed E-state index contributed by atoms with van der Waals surface area (Å²) in [7, 11) is 1.54. The van der Waals surface area contributed by atoms with Gasteiger partial charge in [-0.15, -0.1) is 0 Å². The molecule has 0 heterocycles. The molecular formula is C12H13NO3. The van der Waals surface area contributed by atoms with Crippen LogP contribution < -0.4 is 4.74 Å². The first-order chi connectivity index (χ1) is 7.72. The molecule has 0 aliphatic carbocycles. The van der Waals surface area contributed by atoms with E-state index in [2.05, 4.69) is 4.99 Å². The van der Waals surface area contributed by atoms with Gasteiger partial charge in [0.15, 0.2) is 0 Å². The van der Waals surface area contributed by atoms with Gasteiger partial charge < -0.3 is 9.84 Å². The number of benzene rings is 1. The number of ether oxygens (including phenoxy) is 1. The van der Waals surface area contributed by atoms with Crippen LogP contribution in [0.15, 0.2) is 29.3 Å². The maximum absolute atomic E-state index is 10.1. The van der Waals surface area contributed by atoms with Crippen molar-refractivity contribution in [2.45, 2.75) is 6.92 Å². The summed E-state index contributed by atoms with van der Waals surface area (Å²) in [6.07, 6.45) is 3.16. The van der Waals surface area contributed by atoms with Gasteiger partial charge in [0.1, 0.15) is 5.75 Å². The average Bonchev–Trinajstić information content (AvgIpc) is 2.29. The van der Waals surface area contributed by atoms with Crippen LogP contribution in [-0.4, -0.2) is 24.9 Å². The molecule has 84 valence electrons. The molecule has 0 aliphatic heterocycles. The second-order valence-corrected chi connectivity index (χ2v) is 3.16. The summed E-state index contributed by atoms with van der Waals surface area (Å²) in [5.74, 6) is 0.610. The zero-order valence-corrected chi connectivity index (χ0v) is 9.23. The Hall–Kier alpha value is -1.90. The van der Waals surface area contributed by atoms with Crippen molar-refractivity contribution >= 4 is 17.3 Å². The fourth-order valence-electron chi connectivity index (χ4n) is 1.37. The molecule has 1 aromatic carbocycles. The molecule has 1 N–H and O–H groups in total. The molecular weight excluding hydrogens is 206 g/mol. The summed E-state index contributed by atoms with van der Waals surface area (Å²) in [6, 6.07) is 5.13. The molecule has 0 saturated carbocycles. The normalized spacial score (nSPS) is 10.8. The lowest BCUT2D eigenvalue weighted by Gasteiger charge is -2.09. The first-order valence-electron chi connectivity index (χ1n) is 4.76. The van der Waals surface area contributed by atoms with Crippen LogP contribution in [0.1, 0.15) is 12.5 Å². The van der Waals surface area contributed by atoms with Gasteiger partial charge in [0, 0.05) is 11.6 Å². The van der Waals surface area contributed by atoms with E-state index in [0.717, 1.165) is 11.1 Å². The Kier molecular flexibility index (Phi) is 4.45. The second-order valence-electron chi connectivity index (χ2n) is 3.16. The lowest BCUT2D eigenvalue weighted by atomic mass is 10.1. The minimum atomic E-state index is -0.0246. The van der Waals surface area contributed by atoms with Crippen molar-refractivity contribution in [1.82, 2.24) is 0 Å². The van der Waals surface area contributed by atoms with Crippen LogP contribution in [0.5, 0.6) is 5.75 Å². The van der Waals surface area contributed by atoms with Gasteiger partial charge in [0.25, 0.3) is 0 Å². The van der Waals surface area contributed by atoms with Crippen LogP contribution in [0.4, 0.5) is 5.69 Å². The number of hydrogen-bond acceptors (Lipinski definition) is 4. The summed E-state index contributed by atoms with van der Waals surface area (Å²) in [5.41, 5.74) is 2.26. The maximum Gasteiger partial charge on any atom is 0.240 e. The number of rotatable bonds is 4. The number of aliphatic hydroxyl groups excluding tert-OH is 1. The molecule has 16 heavy (non-hydrogen) atoms. The third-order valence-corrected chi connectivity index (χ3v) is 2.18. The van der Waals surface area contributed by atoms with E-state index in [4.69, 9.17) is 9.84 Å². The quantitative estimate of drug-likeness (QED) is 0.622. The largest absolute Gasteiger partial charge is 0.496 e. The highest BCUT2D eigenvalue weighted by Crippen LogP contribution is 2.29. The number of carbonyl (C=O) groups excluding carboxylic acids is 1. The molecule has 0 aliphatic rings. The monoisotopic (exact) mass is 219 g/mol. The van der Waals surface area contributed by atoms with Crippen molar-refractivity contribution in [3.8, 4) is 5.75 Å². The Morgan fingerprint density at radius 3 is 2.94 bits per heavy atom. The minimum absolute atomic E-state index is 0.0246. The summed E-state index contributed by atoms with van der Waals surface area (Å²) in [6.45, 7) is 1.85. The van der Waals surface area contributed by atoms with Crippen LogP contribution >= 0.6 is 0 Å². The Morgan fingerprint density at radius 1 is 1.62 bits per heavy atom. The molecule has 0 fully saturated rings. The third-order valence-electron chi connectivity index (χ3n) is 2.18. The van der Waals surface area contributed by atoms with Crippen LogP contribution in [0.3, 0.4) is 0 Å². The molecule has 1 aromatic rings. The number of hydrogen-bond donors (Lipinski definition) is 1. The van der Waals surface area contributed by atoms with Crippen LogP contribution in [0.25, 0.3) is 5.57 Å². The van der Waals surface area contributed by atoms with E-state index >= 15 is 0 Å². The van der Waals surface area contributed by atoms with Crippen molar-refractivity contribution in [2.24, 2.45) is 4.99 Å². The Morgan fingerprint density at radius 2 is 2.38 bits per heavy atom. The molecule has 0 atom stereocenters. The fourth-order valence-corrected chi connectivity index (χ4v) is 1.37. The lowest BCUT2D eigenvalue weighted by Crippen LogP contribution is -1.90. The summed E-state index contributed by atoms with van der Waals surface area (Å²) in [4.78, 5) is 13.6. The number of methoxy groups -OCH3 is 1. The van der Waals surface area contributed by atoms with Gasteiger partial charge in [0.2, 0.25) is 6.08 Å². The van der Waals surface area contributed by atoms with Crippen molar-refractivity contribution in [3.05, 3.63) is 29.8 Å². The molecule has 0 amide bonds.